The van der Waals surface area contributed by atoms with Crippen molar-refractivity contribution < 1.29 is 24.1 Å². The van der Waals surface area contributed by atoms with Crippen molar-refractivity contribution in [3.8, 4) is 0 Å². The SMILES string of the molecule is COCCOCCOCCN1CCCC(CCC(=O)O)C1. The zero-order valence-corrected chi connectivity index (χ0v) is 13.1. The van der Waals surface area contributed by atoms with Crippen LogP contribution in [0.4, 0.5) is 0 Å². The van der Waals surface area contributed by atoms with Crippen LogP contribution in [0, 0.1) is 5.92 Å². The van der Waals surface area contributed by atoms with Crippen LogP contribution in [-0.2, 0) is 19.0 Å². The number of carbonyl (C=O) groups is 1. The molecule has 0 amide bonds. The lowest BCUT2D eigenvalue weighted by molar-refractivity contribution is -0.137. The molecule has 0 aliphatic carbocycles. The van der Waals surface area contributed by atoms with Gasteiger partial charge >= 0.3 is 5.97 Å². The van der Waals surface area contributed by atoms with Gasteiger partial charge in [-0.25, -0.2) is 0 Å². The lowest BCUT2D eigenvalue weighted by Crippen LogP contribution is -2.37. The van der Waals surface area contributed by atoms with Crippen LogP contribution in [0.5, 0.6) is 0 Å². The van der Waals surface area contributed by atoms with E-state index in [1.807, 2.05) is 0 Å². The summed E-state index contributed by atoms with van der Waals surface area (Å²) in [5, 5.41) is 8.73. The summed E-state index contributed by atoms with van der Waals surface area (Å²) >= 11 is 0. The van der Waals surface area contributed by atoms with Gasteiger partial charge < -0.3 is 24.2 Å². The smallest absolute Gasteiger partial charge is 0.303 e. The zero-order valence-electron chi connectivity index (χ0n) is 13.1. The molecule has 1 atom stereocenters. The van der Waals surface area contributed by atoms with Crippen LogP contribution in [0.3, 0.4) is 0 Å². The van der Waals surface area contributed by atoms with Gasteiger partial charge in [-0.2, -0.15) is 0 Å². The van der Waals surface area contributed by atoms with Crippen molar-refractivity contribution in [1.82, 2.24) is 4.90 Å². The summed E-state index contributed by atoms with van der Waals surface area (Å²) in [5.41, 5.74) is 0. The van der Waals surface area contributed by atoms with Crippen LogP contribution in [0.25, 0.3) is 0 Å². The number of piperidine rings is 1. The van der Waals surface area contributed by atoms with Crippen LogP contribution in [0.1, 0.15) is 25.7 Å². The second-order valence-corrected chi connectivity index (χ2v) is 5.46. The molecule has 1 rings (SSSR count). The Morgan fingerprint density at radius 3 is 2.62 bits per heavy atom. The molecule has 21 heavy (non-hydrogen) atoms. The molecule has 0 aromatic heterocycles. The Hall–Kier alpha value is -0.690. The number of rotatable bonds is 12. The number of nitrogens with zero attached hydrogens (tertiary/aromatic N) is 1. The monoisotopic (exact) mass is 303 g/mol. The molecule has 6 nitrogen and oxygen atoms in total. The maximum atomic E-state index is 10.6. The van der Waals surface area contributed by atoms with Gasteiger partial charge in [-0.15, -0.1) is 0 Å². The minimum atomic E-state index is -0.691. The first kappa shape index (κ1) is 18.4. The second-order valence-electron chi connectivity index (χ2n) is 5.46. The number of carboxylic acids is 1. The van der Waals surface area contributed by atoms with Gasteiger partial charge in [-0.3, -0.25) is 4.79 Å². The van der Waals surface area contributed by atoms with Crippen molar-refractivity contribution in [3.05, 3.63) is 0 Å². The standard InChI is InChI=1S/C15H29NO5/c1-19-9-10-21-12-11-20-8-7-16-6-2-3-14(13-16)4-5-15(17)18/h14H,2-13H2,1H3,(H,17,18). The summed E-state index contributed by atoms with van der Waals surface area (Å²) in [7, 11) is 1.65. The van der Waals surface area contributed by atoms with E-state index in [2.05, 4.69) is 4.90 Å². The van der Waals surface area contributed by atoms with E-state index in [0.29, 0.717) is 39.0 Å². The van der Waals surface area contributed by atoms with Gasteiger partial charge in [0.2, 0.25) is 0 Å². The Morgan fingerprint density at radius 2 is 1.90 bits per heavy atom. The molecule has 0 radical (unpaired) electrons. The third kappa shape index (κ3) is 9.79. The van der Waals surface area contributed by atoms with Crippen LogP contribution in [0.15, 0.2) is 0 Å². The summed E-state index contributed by atoms with van der Waals surface area (Å²) in [6.07, 6.45) is 3.39. The van der Waals surface area contributed by atoms with E-state index in [0.717, 1.165) is 38.9 Å². The van der Waals surface area contributed by atoms with Gasteiger partial charge in [0.25, 0.3) is 0 Å². The molecule has 6 heteroatoms. The lowest BCUT2D eigenvalue weighted by atomic mass is 9.93. The molecule has 1 saturated heterocycles. The number of ether oxygens (including phenoxy) is 3. The van der Waals surface area contributed by atoms with Crippen LogP contribution in [0.2, 0.25) is 0 Å². The van der Waals surface area contributed by atoms with Crippen LogP contribution in [-0.4, -0.2) is 75.8 Å². The third-order valence-electron chi connectivity index (χ3n) is 3.73. The molecule has 1 unspecified atom stereocenters. The highest BCUT2D eigenvalue weighted by Crippen LogP contribution is 2.20. The number of hydrogen-bond acceptors (Lipinski definition) is 5. The van der Waals surface area contributed by atoms with Gasteiger partial charge in [0.15, 0.2) is 0 Å². The fourth-order valence-electron chi connectivity index (χ4n) is 2.58. The van der Waals surface area contributed by atoms with Gasteiger partial charge in [-0.05, 0) is 31.7 Å². The van der Waals surface area contributed by atoms with Crippen molar-refractivity contribution in [3.63, 3.8) is 0 Å². The number of hydrogen-bond donors (Lipinski definition) is 1. The second kappa shape index (κ2) is 11.9. The fraction of sp³-hybridized carbons (Fsp3) is 0.933. The minimum Gasteiger partial charge on any atom is -0.481 e. The summed E-state index contributed by atoms with van der Waals surface area (Å²) in [6, 6.07) is 0. The summed E-state index contributed by atoms with van der Waals surface area (Å²) < 4.78 is 15.8. The van der Waals surface area contributed by atoms with Crippen molar-refractivity contribution in [1.29, 1.82) is 0 Å². The molecular weight excluding hydrogens is 274 g/mol. The predicted octanol–water partition coefficient (Wildman–Crippen LogP) is 1.24. The Balaban J connectivity index is 1.97. The van der Waals surface area contributed by atoms with Crippen molar-refractivity contribution >= 4 is 5.97 Å². The zero-order chi connectivity index (χ0) is 15.3. The topological polar surface area (TPSA) is 68.2 Å². The van der Waals surface area contributed by atoms with Crippen molar-refractivity contribution in [2.75, 3.05) is 59.8 Å². The largest absolute Gasteiger partial charge is 0.481 e. The van der Waals surface area contributed by atoms with Crippen LogP contribution < -0.4 is 0 Å². The molecule has 1 N–H and O–H groups in total. The highest BCUT2D eigenvalue weighted by molar-refractivity contribution is 5.66. The average molecular weight is 303 g/mol. The van der Waals surface area contributed by atoms with Gasteiger partial charge in [0.1, 0.15) is 0 Å². The molecular formula is C15H29NO5. The third-order valence-corrected chi connectivity index (χ3v) is 3.73. The van der Waals surface area contributed by atoms with E-state index >= 15 is 0 Å². The van der Waals surface area contributed by atoms with E-state index in [1.165, 1.54) is 0 Å². The minimum absolute atomic E-state index is 0.286. The molecule has 1 aliphatic rings. The molecule has 0 bridgehead atoms. The molecule has 0 spiro atoms. The van der Waals surface area contributed by atoms with E-state index in [4.69, 9.17) is 19.3 Å². The molecule has 0 aromatic carbocycles. The Morgan fingerprint density at radius 1 is 1.19 bits per heavy atom. The normalized spacial score (nSPS) is 19.8. The number of carboxylic acid groups (broad SMARTS) is 1. The number of methoxy groups -OCH3 is 1. The van der Waals surface area contributed by atoms with E-state index < -0.39 is 5.97 Å². The number of aliphatic carboxylic acids is 1. The Labute approximate surface area is 127 Å². The summed E-state index contributed by atoms with van der Waals surface area (Å²) in [4.78, 5) is 13.0. The first-order valence-corrected chi connectivity index (χ1v) is 7.81. The lowest BCUT2D eigenvalue weighted by Gasteiger charge is -2.32. The predicted molar refractivity (Wildman–Crippen MR) is 79.5 cm³/mol. The Kier molecular flexibility index (Phi) is 10.4. The van der Waals surface area contributed by atoms with E-state index in [1.54, 1.807) is 7.11 Å². The molecule has 124 valence electrons. The molecule has 1 aliphatic heterocycles. The maximum Gasteiger partial charge on any atom is 0.303 e. The number of likely N-dealkylation sites (tertiary alicyclic amines) is 1. The average Bonchev–Trinajstić information content (AvgIpc) is 2.48. The van der Waals surface area contributed by atoms with Gasteiger partial charge in [-0.1, -0.05) is 0 Å². The van der Waals surface area contributed by atoms with Crippen molar-refractivity contribution in [2.45, 2.75) is 25.7 Å². The maximum absolute atomic E-state index is 10.6. The molecule has 1 fully saturated rings. The highest BCUT2D eigenvalue weighted by Gasteiger charge is 2.20. The van der Waals surface area contributed by atoms with E-state index in [9.17, 15) is 4.79 Å². The Bertz CT molecular complexity index is 275. The van der Waals surface area contributed by atoms with E-state index in [-0.39, 0.29) is 6.42 Å². The highest BCUT2D eigenvalue weighted by atomic mass is 16.5. The molecule has 0 saturated carbocycles. The summed E-state index contributed by atoms with van der Waals surface area (Å²) in [6.45, 7) is 6.16. The first-order valence-electron chi connectivity index (χ1n) is 7.81. The van der Waals surface area contributed by atoms with Crippen LogP contribution >= 0.6 is 0 Å². The summed E-state index contributed by atoms with van der Waals surface area (Å²) in [5.74, 6) is -0.170. The molecule has 0 aromatic rings. The molecule has 1 heterocycles. The first-order chi connectivity index (χ1) is 10.2. The van der Waals surface area contributed by atoms with Gasteiger partial charge in [0, 0.05) is 26.6 Å². The fourth-order valence-corrected chi connectivity index (χ4v) is 2.58. The van der Waals surface area contributed by atoms with Crippen molar-refractivity contribution in [2.24, 2.45) is 5.92 Å². The van der Waals surface area contributed by atoms with Gasteiger partial charge in [0.05, 0.1) is 33.0 Å². The quantitative estimate of drug-likeness (QED) is 0.547.